The number of hydrazone groups is 1. The van der Waals surface area contributed by atoms with Crippen molar-refractivity contribution in [2.24, 2.45) is 5.10 Å². The highest BCUT2D eigenvalue weighted by molar-refractivity contribution is 5.84. The van der Waals surface area contributed by atoms with Crippen LogP contribution < -0.4 is 9.91 Å². The molecule has 0 aliphatic rings. The van der Waals surface area contributed by atoms with Gasteiger partial charge in [0.2, 0.25) is 0 Å². The third-order valence-electron chi connectivity index (χ3n) is 4.61. The number of aryl methyl sites for hydroxylation is 3. The van der Waals surface area contributed by atoms with Crippen LogP contribution in [0.3, 0.4) is 0 Å². The van der Waals surface area contributed by atoms with Gasteiger partial charge in [-0.3, -0.25) is 0 Å². The van der Waals surface area contributed by atoms with Crippen molar-refractivity contribution in [1.82, 2.24) is 0 Å². The lowest BCUT2D eigenvalue weighted by molar-refractivity contribution is 1.09. The van der Waals surface area contributed by atoms with Gasteiger partial charge < -0.3 is 4.90 Å². The zero-order chi connectivity index (χ0) is 19.4. The number of rotatable bonds is 5. The summed E-state index contributed by atoms with van der Waals surface area (Å²) in [5.41, 5.74) is 8.07. The smallest absolute Gasteiger partial charge is 0.0655 e. The Kier molecular flexibility index (Phi) is 5.60. The molecule has 0 amide bonds. The van der Waals surface area contributed by atoms with E-state index in [9.17, 15) is 0 Å². The summed E-state index contributed by atoms with van der Waals surface area (Å²) in [7, 11) is 4.11. The molecule has 0 saturated carbocycles. The fraction of sp³-hybridized carbons (Fsp3) is 0.208. The van der Waals surface area contributed by atoms with Crippen LogP contribution in [0.15, 0.2) is 71.8 Å². The van der Waals surface area contributed by atoms with E-state index in [4.69, 9.17) is 5.10 Å². The molecule has 0 aromatic heterocycles. The number of benzene rings is 3. The predicted octanol–water partition coefficient (Wildman–Crippen LogP) is 5.85. The van der Waals surface area contributed by atoms with E-state index in [1.54, 1.807) is 0 Å². The van der Waals surface area contributed by atoms with Gasteiger partial charge in [-0.2, -0.15) is 5.10 Å². The average molecular weight is 358 g/mol. The Labute approximate surface area is 162 Å². The lowest BCUT2D eigenvalue weighted by Crippen LogP contribution is -2.11. The van der Waals surface area contributed by atoms with E-state index in [2.05, 4.69) is 106 Å². The summed E-state index contributed by atoms with van der Waals surface area (Å²) in [5.74, 6) is 0. The first-order valence-electron chi connectivity index (χ1n) is 9.19. The van der Waals surface area contributed by atoms with E-state index < -0.39 is 0 Å². The van der Waals surface area contributed by atoms with E-state index in [0.29, 0.717) is 0 Å². The van der Waals surface area contributed by atoms with Crippen LogP contribution >= 0.6 is 0 Å². The standard InChI is InChI=1S/C24H27N3/c1-18-9-12-22(13-10-18)27(24-8-6-7-19(2)15-24)25-17-21-11-14-23(26(4)5)16-20(21)3/h6-17H,1-5H3. The van der Waals surface area contributed by atoms with Crippen LogP contribution in [0.1, 0.15) is 22.3 Å². The second-order valence-corrected chi connectivity index (χ2v) is 7.17. The van der Waals surface area contributed by atoms with Gasteiger partial charge in [0.25, 0.3) is 0 Å². The summed E-state index contributed by atoms with van der Waals surface area (Å²) in [5, 5.41) is 6.83. The highest BCUT2D eigenvalue weighted by Crippen LogP contribution is 2.27. The minimum Gasteiger partial charge on any atom is -0.378 e. The van der Waals surface area contributed by atoms with Crippen molar-refractivity contribution >= 4 is 23.3 Å². The monoisotopic (exact) mass is 357 g/mol. The zero-order valence-electron chi connectivity index (χ0n) is 16.8. The lowest BCUT2D eigenvalue weighted by atomic mass is 10.1. The molecule has 0 radical (unpaired) electrons. The number of nitrogens with zero attached hydrogens (tertiary/aromatic N) is 3. The van der Waals surface area contributed by atoms with Crippen molar-refractivity contribution in [3.05, 3.63) is 89.0 Å². The summed E-state index contributed by atoms with van der Waals surface area (Å²) in [6.07, 6.45) is 1.94. The Morgan fingerprint density at radius 2 is 1.41 bits per heavy atom. The second kappa shape index (κ2) is 8.09. The van der Waals surface area contributed by atoms with Gasteiger partial charge in [-0.1, -0.05) is 35.9 Å². The molecule has 0 unspecified atom stereocenters. The van der Waals surface area contributed by atoms with Gasteiger partial charge in [0.05, 0.1) is 17.6 Å². The Balaban J connectivity index is 1.98. The normalized spacial score (nSPS) is 11.0. The molecule has 0 saturated heterocycles. The third-order valence-corrected chi connectivity index (χ3v) is 4.61. The van der Waals surface area contributed by atoms with Crippen molar-refractivity contribution in [2.45, 2.75) is 20.8 Å². The van der Waals surface area contributed by atoms with Crippen LogP contribution in [0.25, 0.3) is 0 Å². The van der Waals surface area contributed by atoms with Crippen LogP contribution in [0.4, 0.5) is 17.1 Å². The molecule has 0 bridgehead atoms. The van der Waals surface area contributed by atoms with Crippen molar-refractivity contribution in [2.75, 3.05) is 24.0 Å². The van der Waals surface area contributed by atoms with Gasteiger partial charge in [0.15, 0.2) is 0 Å². The van der Waals surface area contributed by atoms with Crippen molar-refractivity contribution in [1.29, 1.82) is 0 Å². The quantitative estimate of drug-likeness (QED) is 0.421. The molecule has 0 N–H and O–H groups in total. The highest BCUT2D eigenvalue weighted by Gasteiger charge is 2.08. The molecular weight excluding hydrogens is 330 g/mol. The van der Waals surface area contributed by atoms with Crippen LogP contribution in [0.2, 0.25) is 0 Å². The van der Waals surface area contributed by atoms with Gasteiger partial charge in [-0.05, 0) is 73.9 Å². The highest BCUT2D eigenvalue weighted by atomic mass is 15.5. The summed E-state index contributed by atoms with van der Waals surface area (Å²) in [4.78, 5) is 2.11. The van der Waals surface area contributed by atoms with Crippen molar-refractivity contribution in [3.63, 3.8) is 0 Å². The summed E-state index contributed by atoms with van der Waals surface area (Å²) in [6, 6.07) is 23.3. The minimum absolute atomic E-state index is 1.05. The Hall–Kier alpha value is -3.07. The van der Waals surface area contributed by atoms with Crippen LogP contribution in [-0.4, -0.2) is 20.3 Å². The summed E-state index contributed by atoms with van der Waals surface area (Å²) >= 11 is 0. The van der Waals surface area contributed by atoms with Crippen LogP contribution in [0.5, 0.6) is 0 Å². The number of anilines is 3. The molecule has 3 heteroatoms. The third kappa shape index (κ3) is 4.56. The molecule has 0 aliphatic heterocycles. The Morgan fingerprint density at radius 3 is 2.04 bits per heavy atom. The van der Waals surface area contributed by atoms with Gasteiger partial charge in [0.1, 0.15) is 0 Å². The lowest BCUT2D eigenvalue weighted by Gasteiger charge is -2.20. The zero-order valence-corrected chi connectivity index (χ0v) is 16.8. The maximum Gasteiger partial charge on any atom is 0.0655 e. The van der Waals surface area contributed by atoms with Crippen molar-refractivity contribution < 1.29 is 0 Å². The first-order valence-corrected chi connectivity index (χ1v) is 9.19. The summed E-state index contributed by atoms with van der Waals surface area (Å²) < 4.78 is 0. The molecule has 3 aromatic carbocycles. The van der Waals surface area contributed by atoms with E-state index in [1.807, 2.05) is 11.2 Å². The van der Waals surface area contributed by atoms with Gasteiger partial charge >= 0.3 is 0 Å². The molecule has 0 heterocycles. The maximum atomic E-state index is 4.84. The molecule has 3 aromatic rings. The van der Waals surface area contributed by atoms with Crippen LogP contribution in [0, 0.1) is 20.8 Å². The summed E-state index contributed by atoms with van der Waals surface area (Å²) in [6.45, 7) is 6.32. The SMILES string of the molecule is Cc1ccc(N(N=Cc2ccc(N(C)C)cc2C)c2cccc(C)c2)cc1. The fourth-order valence-electron chi connectivity index (χ4n) is 2.93. The Bertz CT molecular complexity index is 940. The number of hydrogen-bond acceptors (Lipinski definition) is 3. The average Bonchev–Trinajstić information content (AvgIpc) is 2.64. The van der Waals surface area contributed by atoms with Gasteiger partial charge in [-0.25, -0.2) is 5.01 Å². The maximum absolute atomic E-state index is 4.84. The van der Waals surface area contributed by atoms with Gasteiger partial charge in [0, 0.05) is 19.8 Å². The van der Waals surface area contributed by atoms with E-state index in [0.717, 1.165) is 16.9 Å². The molecule has 0 spiro atoms. The van der Waals surface area contributed by atoms with Crippen molar-refractivity contribution in [3.8, 4) is 0 Å². The molecular formula is C24H27N3. The molecule has 0 aliphatic carbocycles. The van der Waals surface area contributed by atoms with E-state index in [1.165, 1.54) is 22.4 Å². The largest absolute Gasteiger partial charge is 0.378 e. The van der Waals surface area contributed by atoms with E-state index in [-0.39, 0.29) is 0 Å². The minimum atomic E-state index is 1.05. The Morgan fingerprint density at radius 1 is 0.704 bits per heavy atom. The molecule has 3 nitrogen and oxygen atoms in total. The molecule has 3 rings (SSSR count). The molecule has 0 atom stereocenters. The molecule has 0 fully saturated rings. The first kappa shape index (κ1) is 18.7. The molecule has 27 heavy (non-hydrogen) atoms. The second-order valence-electron chi connectivity index (χ2n) is 7.17. The van der Waals surface area contributed by atoms with Gasteiger partial charge in [-0.15, -0.1) is 0 Å². The number of hydrogen-bond donors (Lipinski definition) is 0. The first-order chi connectivity index (χ1) is 12.9. The molecule has 138 valence electrons. The van der Waals surface area contributed by atoms with Crippen LogP contribution in [-0.2, 0) is 0 Å². The van der Waals surface area contributed by atoms with E-state index >= 15 is 0 Å². The topological polar surface area (TPSA) is 18.8 Å². The predicted molar refractivity (Wildman–Crippen MR) is 118 cm³/mol. The fourth-order valence-corrected chi connectivity index (χ4v) is 2.93.